The number of carbonyl (C=O) groups is 2. The maximum absolute atomic E-state index is 12.9. The van der Waals surface area contributed by atoms with Crippen LogP contribution in [0, 0.1) is 0 Å². The summed E-state index contributed by atoms with van der Waals surface area (Å²) in [4.78, 5) is 26.8. The molecule has 0 bridgehead atoms. The number of nitrogens with one attached hydrogen (secondary N) is 1. The van der Waals surface area contributed by atoms with E-state index in [0.717, 1.165) is 6.54 Å². The summed E-state index contributed by atoms with van der Waals surface area (Å²) < 4.78 is 28.4. The van der Waals surface area contributed by atoms with Gasteiger partial charge >= 0.3 is 5.97 Å². The van der Waals surface area contributed by atoms with Crippen molar-refractivity contribution in [2.45, 2.75) is 18.7 Å². The predicted molar refractivity (Wildman–Crippen MR) is 117 cm³/mol. The average molecular weight is 434 g/mol. The van der Waals surface area contributed by atoms with E-state index in [1.807, 2.05) is 30.8 Å². The molecule has 0 aliphatic rings. The largest absolute Gasteiger partial charge is 0.478 e. The van der Waals surface area contributed by atoms with Crippen molar-refractivity contribution in [2.24, 2.45) is 0 Å². The van der Waals surface area contributed by atoms with E-state index in [9.17, 15) is 23.1 Å². The first kappa shape index (κ1) is 23.4. The highest BCUT2D eigenvalue weighted by Crippen LogP contribution is 2.30. The lowest BCUT2D eigenvalue weighted by atomic mass is 10.1. The van der Waals surface area contributed by atoms with Gasteiger partial charge in [-0.1, -0.05) is 12.1 Å². The van der Waals surface area contributed by atoms with Gasteiger partial charge in [0.25, 0.3) is 10.0 Å². The quantitative estimate of drug-likeness (QED) is 0.555. The molecule has 0 aliphatic heterocycles. The third kappa shape index (κ3) is 5.80. The van der Waals surface area contributed by atoms with E-state index in [-0.39, 0.29) is 21.9 Å². The zero-order valence-electron chi connectivity index (χ0n) is 17.5. The molecule has 2 aromatic rings. The van der Waals surface area contributed by atoms with Gasteiger partial charge in [-0.2, -0.15) is 0 Å². The number of aromatic carboxylic acids is 1. The Morgan fingerprint density at radius 3 is 2.10 bits per heavy atom. The summed E-state index contributed by atoms with van der Waals surface area (Å²) in [6, 6.07) is 9.97. The number of sulfonamides is 1. The molecule has 0 spiro atoms. The Balaban J connectivity index is 2.45. The highest BCUT2D eigenvalue weighted by atomic mass is 32.2. The maximum Gasteiger partial charge on any atom is 0.335 e. The fourth-order valence-corrected chi connectivity index (χ4v) is 3.93. The summed E-state index contributed by atoms with van der Waals surface area (Å²) in [7, 11) is -0.105. The second-order valence-corrected chi connectivity index (χ2v) is 8.79. The molecule has 0 saturated carbocycles. The number of nitrogens with zero attached hydrogens (tertiary/aromatic N) is 2. The van der Waals surface area contributed by atoms with E-state index in [0.29, 0.717) is 24.3 Å². The summed E-state index contributed by atoms with van der Waals surface area (Å²) in [5.74, 6) is -1.31. The topological polar surface area (TPSA) is 107 Å². The van der Waals surface area contributed by atoms with E-state index >= 15 is 0 Å². The van der Waals surface area contributed by atoms with Crippen LogP contribution in [0.4, 0.5) is 11.4 Å². The molecular formula is C21H27N3O5S. The van der Waals surface area contributed by atoms with Crippen molar-refractivity contribution >= 4 is 33.2 Å². The number of likely N-dealkylation sites (N-methyl/N-ethyl adjacent to an activating group) is 2. The lowest BCUT2D eigenvalue weighted by Gasteiger charge is -2.27. The number of hydrogen-bond donors (Lipinski definition) is 2. The first-order chi connectivity index (χ1) is 14.0. The van der Waals surface area contributed by atoms with Crippen LogP contribution in [0.1, 0.15) is 34.6 Å². The molecule has 8 nitrogen and oxygen atoms in total. The molecule has 0 atom stereocenters. The summed E-state index contributed by atoms with van der Waals surface area (Å²) in [6.45, 7) is 5.34. The molecule has 0 radical (unpaired) electrons. The van der Waals surface area contributed by atoms with Crippen LogP contribution in [0.2, 0.25) is 0 Å². The number of benzene rings is 2. The second kappa shape index (κ2) is 9.73. The van der Waals surface area contributed by atoms with Crippen LogP contribution in [-0.2, 0) is 10.0 Å². The van der Waals surface area contributed by atoms with Crippen molar-refractivity contribution in [2.75, 3.05) is 43.4 Å². The van der Waals surface area contributed by atoms with Gasteiger partial charge in [0.05, 0.1) is 21.8 Å². The summed E-state index contributed by atoms with van der Waals surface area (Å²) >= 11 is 0. The van der Waals surface area contributed by atoms with Gasteiger partial charge in [0.1, 0.15) is 0 Å². The number of carbonyl (C=O) groups excluding carboxylic acids is 1. The van der Waals surface area contributed by atoms with Crippen LogP contribution in [0.15, 0.2) is 47.4 Å². The number of ketones is 1. The van der Waals surface area contributed by atoms with Crippen LogP contribution in [-0.4, -0.2) is 63.9 Å². The molecule has 9 heteroatoms. The van der Waals surface area contributed by atoms with Crippen molar-refractivity contribution in [1.29, 1.82) is 0 Å². The number of rotatable bonds is 10. The zero-order valence-corrected chi connectivity index (χ0v) is 18.4. The van der Waals surface area contributed by atoms with Gasteiger partial charge in [0, 0.05) is 25.2 Å². The zero-order chi connectivity index (χ0) is 22.5. The summed E-state index contributed by atoms with van der Waals surface area (Å²) in [5, 5.41) is 9.34. The fourth-order valence-electron chi connectivity index (χ4n) is 2.87. The van der Waals surface area contributed by atoms with Gasteiger partial charge in [0.2, 0.25) is 0 Å². The van der Waals surface area contributed by atoms with E-state index in [4.69, 9.17) is 0 Å². The Bertz CT molecular complexity index is 1020. The van der Waals surface area contributed by atoms with E-state index < -0.39 is 16.0 Å². The monoisotopic (exact) mass is 433 g/mol. The lowest BCUT2D eigenvalue weighted by molar-refractivity contribution is 0.0696. The molecule has 2 N–H and O–H groups in total. The van der Waals surface area contributed by atoms with Crippen LogP contribution < -0.4 is 9.62 Å². The van der Waals surface area contributed by atoms with Crippen LogP contribution in [0.5, 0.6) is 0 Å². The molecule has 2 rings (SSSR count). The van der Waals surface area contributed by atoms with Gasteiger partial charge < -0.3 is 14.9 Å². The Hall–Kier alpha value is -2.91. The first-order valence-electron chi connectivity index (χ1n) is 9.46. The molecule has 0 unspecified atom stereocenters. The SMILES string of the molecule is CCN(CCN(C)C)c1ccc(C(=O)O)cc1NS(=O)(=O)c1ccc(C(C)=O)cc1. The molecule has 0 heterocycles. The highest BCUT2D eigenvalue weighted by molar-refractivity contribution is 7.92. The third-order valence-corrected chi connectivity index (χ3v) is 5.98. The molecule has 0 saturated heterocycles. The molecule has 0 amide bonds. The van der Waals surface area contributed by atoms with Crippen LogP contribution >= 0.6 is 0 Å². The standard InChI is InChI=1S/C21H27N3O5S/c1-5-24(13-12-23(3)4)20-11-8-17(21(26)27)14-19(20)22-30(28,29)18-9-6-16(7-10-18)15(2)25/h6-11,14,22H,5,12-13H2,1-4H3,(H,26,27). The maximum atomic E-state index is 12.9. The Morgan fingerprint density at radius 1 is 1.00 bits per heavy atom. The third-order valence-electron chi connectivity index (χ3n) is 4.60. The molecule has 2 aromatic carbocycles. The normalized spacial score (nSPS) is 11.4. The van der Waals surface area contributed by atoms with Gasteiger partial charge in [-0.25, -0.2) is 13.2 Å². The van der Waals surface area contributed by atoms with Crippen molar-refractivity contribution < 1.29 is 23.1 Å². The van der Waals surface area contributed by atoms with E-state index in [1.165, 1.54) is 43.3 Å². The second-order valence-electron chi connectivity index (χ2n) is 7.11. The number of anilines is 2. The lowest BCUT2D eigenvalue weighted by Crippen LogP contribution is -2.32. The molecule has 30 heavy (non-hydrogen) atoms. The van der Waals surface area contributed by atoms with Crippen molar-refractivity contribution in [3.63, 3.8) is 0 Å². The number of carboxylic acid groups (broad SMARTS) is 1. The molecule has 0 fully saturated rings. The number of hydrogen-bond acceptors (Lipinski definition) is 6. The Labute approximate surface area is 177 Å². The fraction of sp³-hybridized carbons (Fsp3) is 0.333. The molecular weight excluding hydrogens is 406 g/mol. The minimum Gasteiger partial charge on any atom is -0.478 e. The van der Waals surface area contributed by atoms with Crippen molar-refractivity contribution in [3.05, 3.63) is 53.6 Å². The number of carboxylic acids is 1. The summed E-state index contributed by atoms with van der Waals surface area (Å²) in [5.41, 5.74) is 1.16. The molecule has 162 valence electrons. The van der Waals surface area contributed by atoms with Crippen molar-refractivity contribution in [3.8, 4) is 0 Å². The number of Topliss-reactive ketones (excluding diaryl/α,β-unsaturated/α-hetero) is 1. The average Bonchev–Trinajstić information content (AvgIpc) is 2.68. The smallest absolute Gasteiger partial charge is 0.335 e. The van der Waals surface area contributed by atoms with Gasteiger partial charge in [0.15, 0.2) is 5.78 Å². The van der Waals surface area contributed by atoms with Gasteiger partial charge in [-0.3, -0.25) is 9.52 Å². The molecule has 0 aromatic heterocycles. The van der Waals surface area contributed by atoms with Crippen molar-refractivity contribution in [1.82, 2.24) is 4.90 Å². The highest BCUT2D eigenvalue weighted by Gasteiger charge is 2.20. The predicted octanol–water partition coefficient (Wildman–Crippen LogP) is 2.78. The minimum absolute atomic E-state index is 0.0180. The van der Waals surface area contributed by atoms with Gasteiger partial charge in [-0.15, -0.1) is 0 Å². The van der Waals surface area contributed by atoms with E-state index in [1.54, 1.807) is 6.07 Å². The Morgan fingerprint density at radius 2 is 1.60 bits per heavy atom. The van der Waals surface area contributed by atoms with Crippen LogP contribution in [0.25, 0.3) is 0 Å². The minimum atomic E-state index is -3.99. The van der Waals surface area contributed by atoms with Gasteiger partial charge in [-0.05, 0) is 58.3 Å². The molecule has 0 aliphatic carbocycles. The van der Waals surface area contributed by atoms with E-state index in [2.05, 4.69) is 4.72 Å². The first-order valence-corrected chi connectivity index (χ1v) is 10.9. The Kier molecular flexibility index (Phi) is 7.58. The summed E-state index contributed by atoms with van der Waals surface area (Å²) in [6.07, 6.45) is 0. The van der Waals surface area contributed by atoms with Crippen LogP contribution in [0.3, 0.4) is 0 Å².